The molecule has 3 N–H and O–H groups in total. The molecule has 2 unspecified atom stereocenters. The van der Waals surface area contributed by atoms with Crippen LogP contribution >= 0.6 is 24.8 Å². The highest BCUT2D eigenvalue weighted by molar-refractivity contribution is 5.99. The number of H-pyrrole nitrogens is 1. The minimum Gasteiger partial charge on any atom is -0.488 e. The van der Waals surface area contributed by atoms with Crippen molar-refractivity contribution in [1.82, 2.24) is 20.1 Å². The zero-order valence-corrected chi connectivity index (χ0v) is 26.2. The van der Waals surface area contributed by atoms with Crippen molar-refractivity contribution in [3.05, 3.63) is 65.8 Å². The lowest BCUT2D eigenvalue weighted by molar-refractivity contribution is -0.0109. The van der Waals surface area contributed by atoms with Gasteiger partial charge in [0.25, 0.3) is 5.91 Å². The van der Waals surface area contributed by atoms with Crippen LogP contribution in [0.3, 0.4) is 0 Å². The average molecular weight is 636 g/mol. The fourth-order valence-electron chi connectivity index (χ4n) is 6.39. The van der Waals surface area contributed by atoms with E-state index >= 15 is 0 Å². The van der Waals surface area contributed by atoms with E-state index in [-0.39, 0.29) is 55.3 Å². The Bertz CT molecular complexity index is 1510. The third-order valence-electron chi connectivity index (χ3n) is 8.78. The number of likely N-dealkylation sites (tertiary alicyclic amines) is 2. The number of carbonyl (C=O) groups is 1. The van der Waals surface area contributed by atoms with E-state index in [4.69, 9.17) is 9.15 Å². The van der Waals surface area contributed by atoms with Crippen molar-refractivity contribution in [3.63, 3.8) is 0 Å². The molecule has 43 heavy (non-hydrogen) atoms. The second-order valence-corrected chi connectivity index (χ2v) is 11.9. The molecule has 8 nitrogen and oxygen atoms in total. The molecular weight excluding hydrogens is 594 g/mol. The summed E-state index contributed by atoms with van der Waals surface area (Å²) >= 11 is 0. The van der Waals surface area contributed by atoms with Gasteiger partial charge in [-0.3, -0.25) is 4.79 Å². The van der Waals surface area contributed by atoms with Crippen LogP contribution in [0, 0.1) is 17.7 Å². The molecule has 6 rings (SSSR count). The topological polar surface area (TPSA) is 94.0 Å². The predicted octanol–water partition coefficient (Wildman–Crippen LogP) is 5.62. The largest absolute Gasteiger partial charge is 0.488 e. The Labute approximate surface area is 263 Å². The third kappa shape index (κ3) is 7.46. The molecule has 11 heteroatoms. The summed E-state index contributed by atoms with van der Waals surface area (Å²) < 4.78 is 25.4. The van der Waals surface area contributed by atoms with Crippen molar-refractivity contribution in [2.75, 3.05) is 39.3 Å². The summed E-state index contributed by atoms with van der Waals surface area (Å²) in [5.74, 6) is 0.836. The molecule has 2 atom stereocenters. The molecule has 0 saturated carbocycles. The number of aliphatic hydroxyl groups is 1. The van der Waals surface area contributed by atoms with Crippen molar-refractivity contribution >= 4 is 52.6 Å². The zero-order valence-electron chi connectivity index (χ0n) is 24.6. The third-order valence-corrected chi connectivity index (χ3v) is 8.78. The second kappa shape index (κ2) is 14.3. The first-order valence-corrected chi connectivity index (χ1v) is 14.7. The van der Waals surface area contributed by atoms with Crippen LogP contribution in [-0.2, 0) is 6.61 Å². The highest BCUT2D eigenvalue weighted by atomic mass is 35.5. The summed E-state index contributed by atoms with van der Waals surface area (Å²) in [6.07, 6.45) is 3.23. The van der Waals surface area contributed by atoms with Crippen LogP contribution < -0.4 is 10.1 Å². The number of carbonyl (C=O) groups excluding carboxylic acids is 1. The van der Waals surface area contributed by atoms with Crippen molar-refractivity contribution < 1.29 is 23.4 Å². The molecule has 0 spiro atoms. The van der Waals surface area contributed by atoms with Gasteiger partial charge in [0.2, 0.25) is 0 Å². The Morgan fingerprint density at radius 3 is 2.51 bits per heavy atom. The van der Waals surface area contributed by atoms with Gasteiger partial charge in [-0.15, -0.1) is 24.8 Å². The standard InChI is InChI=1S/C32H39FN4O4.2ClH/c1-20-16-37(17-21(2)31(20)38)13-12-36-10-8-24(9-11-36)34-32(39)28-15-26-27(35-28)4-3-5-29(26)40-18-22-19-41-30-7-6-23(33)14-25(22)30;;/h3-7,14-15,19-21,24,31,35,38H,8-13,16-18H2,1-2H3,(H,34,39);2*1H. The number of hydrogen-bond acceptors (Lipinski definition) is 6. The number of nitrogens with zero attached hydrogens (tertiary/aromatic N) is 2. The molecule has 2 aliphatic heterocycles. The number of aliphatic hydroxyl groups excluding tert-OH is 1. The van der Waals surface area contributed by atoms with Gasteiger partial charge >= 0.3 is 0 Å². The van der Waals surface area contributed by atoms with Gasteiger partial charge < -0.3 is 34.4 Å². The summed E-state index contributed by atoms with van der Waals surface area (Å²) in [5, 5.41) is 14.9. The quantitative estimate of drug-likeness (QED) is 0.233. The number of rotatable bonds is 8. The van der Waals surface area contributed by atoms with Crippen LogP contribution in [-0.4, -0.2) is 77.2 Å². The van der Waals surface area contributed by atoms with Gasteiger partial charge in [-0.05, 0) is 61.1 Å². The number of nitrogens with one attached hydrogen (secondary N) is 2. The van der Waals surface area contributed by atoms with Gasteiger partial charge in [0, 0.05) is 67.2 Å². The second-order valence-electron chi connectivity index (χ2n) is 11.9. The normalized spacial score (nSPS) is 21.8. The van der Waals surface area contributed by atoms with E-state index in [1.165, 1.54) is 12.1 Å². The lowest BCUT2D eigenvalue weighted by atomic mass is 9.88. The summed E-state index contributed by atoms with van der Waals surface area (Å²) in [6.45, 7) is 10.4. The van der Waals surface area contributed by atoms with Crippen LogP contribution in [0.2, 0.25) is 0 Å². The summed E-state index contributed by atoms with van der Waals surface area (Å²) in [7, 11) is 0. The Hall–Kier alpha value is -2.82. The minimum absolute atomic E-state index is 0. The van der Waals surface area contributed by atoms with Crippen molar-refractivity contribution in [1.29, 1.82) is 0 Å². The first-order valence-electron chi connectivity index (χ1n) is 14.7. The molecule has 2 aromatic heterocycles. The molecule has 4 aromatic rings. The molecular formula is C32H41Cl2FN4O4. The van der Waals surface area contributed by atoms with Crippen molar-refractivity contribution in [2.24, 2.45) is 11.8 Å². The number of amides is 1. The number of piperidine rings is 2. The molecule has 1 amide bonds. The number of aromatic nitrogens is 1. The molecule has 0 aliphatic carbocycles. The number of ether oxygens (including phenoxy) is 1. The van der Waals surface area contributed by atoms with Crippen LogP contribution in [0.15, 0.2) is 53.1 Å². The maximum Gasteiger partial charge on any atom is 0.267 e. The fraction of sp³-hybridized carbons (Fsp3) is 0.469. The number of aromatic amines is 1. The number of halogens is 3. The van der Waals surface area contributed by atoms with E-state index in [2.05, 4.69) is 33.9 Å². The van der Waals surface area contributed by atoms with Crippen LogP contribution in [0.4, 0.5) is 4.39 Å². The van der Waals surface area contributed by atoms with Gasteiger partial charge in [-0.1, -0.05) is 19.9 Å². The van der Waals surface area contributed by atoms with Crippen molar-refractivity contribution in [3.8, 4) is 5.75 Å². The van der Waals surface area contributed by atoms with E-state index in [1.54, 1.807) is 12.3 Å². The van der Waals surface area contributed by atoms with Gasteiger partial charge in [0.05, 0.1) is 12.4 Å². The molecule has 4 heterocycles. The Balaban J connectivity index is 0.00000212. The van der Waals surface area contributed by atoms with E-state index < -0.39 is 0 Å². The van der Waals surface area contributed by atoms with E-state index in [9.17, 15) is 14.3 Å². The molecule has 2 aliphatic rings. The summed E-state index contributed by atoms with van der Waals surface area (Å²) in [4.78, 5) is 21.3. The average Bonchev–Trinajstić information content (AvgIpc) is 3.59. The summed E-state index contributed by atoms with van der Waals surface area (Å²) in [5.41, 5.74) is 2.70. The molecule has 2 saturated heterocycles. The minimum atomic E-state index is -0.322. The SMILES string of the molecule is CC1CN(CCN2CCC(NC(=O)c3cc4c(OCc5coc6ccc(F)cc56)cccc4[nH]3)CC2)CC(C)C1O.Cl.Cl. The van der Waals surface area contributed by atoms with Crippen LogP contribution in [0.25, 0.3) is 21.9 Å². The Morgan fingerprint density at radius 1 is 1.05 bits per heavy atom. The monoisotopic (exact) mass is 634 g/mol. The molecule has 234 valence electrons. The predicted molar refractivity (Wildman–Crippen MR) is 171 cm³/mol. The van der Waals surface area contributed by atoms with E-state index in [1.807, 2.05) is 24.3 Å². The van der Waals surface area contributed by atoms with Crippen LogP contribution in [0.1, 0.15) is 42.7 Å². The lowest BCUT2D eigenvalue weighted by Crippen LogP contribution is -2.50. The van der Waals surface area contributed by atoms with Gasteiger partial charge in [-0.2, -0.15) is 0 Å². The molecule has 2 fully saturated rings. The maximum atomic E-state index is 13.7. The number of fused-ring (bicyclic) bond motifs is 2. The molecule has 0 radical (unpaired) electrons. The van der Waals surface area contributed by atoms with Crippen LogP contribution in [0.5, 0.6) is 5.75 Å². The highest BCUT2D eigenvalue weighted by Gasteiger charge is 2.30. The first-order chi connectivity index (χ1) is 19.8. The van der Waals surface area contributed by atoms with E-state index in [0.29, 0.717) is 34.2 Å². The maximum absolute atomic E-state index is 13.7. The Morgan fingerprint density at radius 2 is 1.77 bits per heavy atom. The van der Waals surface area contributed by atoms with Gasteiger partial charge in [0.15, 0.2) is 0 Å². The first kappa shape index (κ1) is 33.1. The van der Waals surface area contributed by atoms with Gasteiger partial charge in [-0.25, -0.2) is 4.39 Å². The number of hydrogen-bond donors (Lipinski definition) is 3. The number of furan rings is 1. The highest BCUT2D eigenvalue weighted by Crippen LogP contribution is 2.29. The fourth-order valence-corrected chi connectivity index (χ4v) is 6.39. The van der Waals surface area contributed by atoms with E-state index in [0.717, 1.165) is 68.6 Å². The molecule has 0 bridgehead atoms. The lowest BCUT2D eigenvalue weighted by Gasteiger charge is -2.40. The smallest absolute Gasteiger partial charge is 0.267 e. The van der Waals surface area contributed by atoms with Crippen molar-refractivity contribution in [2.45, 2.75) is 45.4 Å². The van der Waals surface area contributed by atoms with Gasteiger partial charge in [0.1, 0.15) is 29.5 Å². The number of benzene rings is 2. The zero-order chi connectivity index (χ0) is 28.5. The Kier molecular flexibility index (Phi) is 11.0. The summed E-state index contributed by atoms with van der Waals surface area (Å²) in [6, 6.07) is 12.1. The molecule has 2 aromatic carbocycles.